The van der Waals surface area contributed by atoms with Gasteiger partial charge in [0.2, 0.25) is 11.9 Å². The number of nitrogen functional groups attached to an aromatic ring is 1. The van der Waals surface area contributed by atoms with Crippen LogP contribution in [-0.4, -0.2) is 24.6 Å². The van der Waals surface area contributed by atoms with Crippen molar-refractivity contribution in [1.82, 2.24) is 24.6 Å². The molecule has 0 aromatic carbocycles. The normalized spacial score (nSPS) is 11.0. The highest BCUT2D eigenvalue weighted by Gasteiger charge is 2.12. The topological polar surface area (TPSA) is 82.0 Å². The number of rotatable bonds is 1. The summed E-state index contributed by atoms with van der Waals surface area (Å²) in [5.41, 5.74) is 8.30. The zero-order valence-electron chi connectivity index (χ0n) is 9.50. The van der Waals surface area contributed by atoms with Crippen molar-refractivity contribution < 1.29 is 4.39 Å². The van der Waals surface area contributed by atoms with Gasteiger partial charge in [0.1, 0.15) is 6.33 Å². The summed E-state index contributed by atoms with van der Waals surface area (Å²) in [5.74, 6) is -0.219. The van der Waals surface area contributed by atoms with E-state index in [1.807, 2.05) is 0 Å². The summed E-state index contributed by atoms with van der Waals surface area (Å²) in [6.07, 6.45) is 3.06. The van der Waals surface area contributed by atoms with Crippen LogP contribution in [0, 0.1) is 12.9 Å². The monoisotopic (exact) mass is 244 g/mol. The van der Waals surface area contributed by atoms with Crippen LogP contribution in [0.4, 0.5) is 10.3 Å². The van der Waals surface area contributed by atoms with Gasteiger partial charge in [0.15, 0.2) is 5.65 Å². The lowest BCUT2D eigenvalue weighted by Gasteiger charge is -2.07. The maximum absolute atomic E-state index is 13.0. The van der Waals surface area contributed by atoms with Crippen LogP contribution < -0.4 is 5.73 Å². The Balaban J connectivity index is 2.32. The Morgan fingerprint density at radius 1 is 1.28 bits per heavy atom. The van der Waals surface area contributed by atoms with E-state index in [1.165, 1.54) is 12.4 Å². The summed E-state index contributed by atoms with van der Waals surface area (Å²) in [7, 11) is 0. The fraction of sp³-hybridized carbons (Fsp3) is 0.0909. The number of nitrogens with two attached hydrogens (primary N) is 1. The third kappa shape index (κ3) is 1.48. The highest BCUT2D eigenvalue weighted by atomic mass is 19.1. The third-order valence-corrected chi connectivity index (χ3v) is 2.70. The standard InChI is InChI=1S/C11H9FN6/c1-6-7(2-3-9(12)16-6)8-4-14-11(13)18-5-15-17-10(8)18/h2-5H,1H3,(H2,13,14). The molecule has 18 heavy (non-hydrogen) atoms. The Kier molecular flexibility index (Phi) is 2.19. The molecule has 0 bridgehead atoms. The second kappa shape index (κ2) is 3.73. The molecule has 3 rings (SSSR count). The summed E-state index contributed by atoms with van der Waals surface area (Å²) in [6.45, 7) is 1.72. The first-order valence-corrected chi connectivity index (χ1v) is 5.24. The zero-order valence-corrected chi connectivity index (χ0v) is 9.50. The lowest BCUT2D eigenvalue weighted by Crippen LogP contribution is -2.01. The number of halogens is 1. The molecule has 0 unspecified atom stereocenters. The Labute approximate surface area is 101 Å². The van der Waals surface area contributed by atoms with Crippen LogP contribution >= 0.6 is 0 Å². The van der Waals surface area contributed by atoms with Crippen LogP contribution in [0.3, 0.4) is 0 Å². The first-order chi connectivity index (χ1) is 8.66. The first-order valence-electron chi connectivity index (χ1n) is 5.24. The van der Waals surface area contributed by atoms with Crippen molar-refractivity contribution in [1.29, 1.82) is 0 Å². The van der Waals surface area contributed by atoms with E-state index in [2.05, 4.69) is 20.2 Å². The molecule has 0 saturated heterocycles. The summed E-state index contributed by atoms with van der Waals surface area (Å²) < 4.78 is 14.6. The average molecular weight is 244 g/mol. The maximum atomic E-state index is 13.0. The number of aromatic nitrogens is 5. The van der Waals surface area contributed by atoms with Crippen LogP contribution in [0.15, 0.2) is 24.7 Å². The molecule has 0 amide bonds. The molecule has 0 aliphatic carbocycles. The molecule has 7 heteroatoms. The van der Waals surface area contributed by atoms with Crippen molar-refractivity contribution in [3.05, 3.63) is 36.3 Å². The highest BCUT2D eigenvalue weighted by molar-refractivity contribution is 5.78. The van der Waals surface area contributed by atoms with Crippen LogP contribution in [-0.2, 0) is 0 Å². The molecule has 0 fully saturated rings. The van der Waals surface area contributed by atoms with Crippen molar-refractivity contribution in [2.75, 3.05) is 5.73 Å². The minimum atomic E-state index is -0.517. The molecule has 0 aliphatic heterocycles. The van der Waals surface area contributed by atoms with Gasteiger partial charge in [0.05, 0.1) is 0 Å². The molecule has 3 heterocycles. The number of aryl methyl sites for hydroxylation is 1. The van der Waals surface area contributed by atoms with Gasteiger partial charge in [-0.1, -0.05) is 0 Å². The molecule has 0 aliphatic rings. The predicted octanol–water partition coefficient (Wildman–Crippen LogP) is 1.22. The number of anilines is 1. The summed E-state index contributed by atoms with van der Waals surface area (Å²) >= 11 is 0. The molecule has 0 atom stereocenters. The quantitative estimate of drug-likeness (QED) is 0.651. The predicted molar refractivity (Wildman–Crippen MR) is 63.1 cm³/mol. The lowest BCUT2D eigenvalue weighted by atomic mass is 10.1. The summed E-state index contributed by atoms with van der Waals surface area (Å²) in [6, 6.07) is 2.94. The van der Waals surface area contributed by atoms with Gasteiger partial charge in [0, 0.05) is 23.0 Å². The van der Waals surface area contributed by atoms with Crippen LogP contribution in [0.1, 0.15) is 5.69 Å². The third-order valence-electron chi connectivity index (χ3n) is 2.70. The summed E-state index contributed by atoms with van der Waals surface area (Å²) in [4.78, 5) is 7.84. The smallest absolute Gasteiger partial charge is 0.213 e. The molecule has 0 spiro atoms. The van der Waals surface area contributed by atoms with Crippen molar-refractivity contribution in [2.45, 2.75) is 6.92 Å². The van der Waals surface area contributed by atoms with Crippen LogP contribution in [0.5, 0.6) is 0 Å². The minimum Gasteiger partial charge on any atom is -0.369 e. The van der Waals surface area contributed by atoms with E-state index < -0.39 is 5.95 Å². The SMILES string of the molecule is Cc1nc(F)ccc1-c1cnc(N)n2cnnc12. The Bertz CT molecular complexity index is 735. The van der Waals surface area contributed by atoms with Crippen LogP contribution in [0.25, 0.3) is 16.8 Å². The van der Waals surface area contributed by atoms with E-state index in [9.17, 15) is 4.39 Å². The number of nitrogens with zero attached hydrogens (tertiary/aromatic N) is 5. The van der Waals surface area contributed by atoms with Gasteiger partial charge in [-0.25, -0.2) is 9.97 Å². The Morgan fingerprint density at radius 3 is 2.89 bits per heavy atom. The van der Waals surface area contributed by atoms with Gasteiger partial charge in [-0.15, -0.1) is 10.2 Å². The Hall–Kier alpha value is -2.57. The van der Waals surface area contributed by atoms with Crippen molar-refractivity contribution >= 4 is 11.6 Å². The van der Waals surface area contributed by atoms with Gasteiger partial charge in [-0.3, -0.25) is 4.40 Å². The van der Waals surface area contributed by atoms with E-state index in [0.717, 1.165) is 5.56 Å². The van der Waals surface area contributed by atoms with E-state index in [4.69, 9.17) is 5.73 Å². The average Bonchev–Trinajstić information content (AvgIpc) is 2.81. The number of hydrogen-bond donors (Lipinski definition) is 1. The van der Waals surface area contributed by atoms with E-state index in [0.29, 0.717) is 22.9 Å². The number of hydrogen-bond acceptors (Lipinski definition) is 5. The van der Waals surface area contributed by atoms with Crippen molar-refractivity contribution in [3.8, 4) is 11.1 Å². The van der Waals surface area contributed by atoms with E-state index in [-0.39, 0.29) is 0 Å². The van der Waals surface area contributed by atoms with Crippen LogP contribution in [0.2, 0.25) is 0 Å². The molecule has 0 saturated carbocycles. The molecule has 0 radical (unpaired) electrons. The zero-order chi connectivity index (χ0) is 12.7. The van der Waals surface area contributed by atoms with Crippen molar-refractivity contribution in [3.63, 3.8) is 0 Å². The first kappa shape index (κ1) is 10.6. The second-order valence-electron chi connectivity index (χ2n) is 3.82. The molecule has 2 N–H and O–H groups in total. The Morgan fingerprint density at radius 2 is 2.11 bits per heavy atom. The highest BCUT2D eigenvalue weighted by Crippen LogP contribution is 2.25. The van der Waals surface area contributed by atoms with Gasteiger partial charge in [-0.2, -0.15) is 4.39 Å². The van der Waals surface area contributed by atoms with Gasteiger partial charge in [-0.05, 0) is 19.1 Å². The van der Waals surface area contributed by atoms with Gasteiger partial charge >= 0.3 is 0 Å². The molecular weight excluding hydrogens is 235 g/mol. The van der Waals surface area contributed by atoms with E-state index >= 15 is 0 Å². The van der Waals surface area contributed by atoms with E-state index in [1.54, 1.807) is 23.6 Å². The molecular formula is C11H9FN6. The molecule has 3 aromatic heterocycles. The second-order valence-corrected chi connectivity index (χ2v) is 3.82. The largest absolute Gasteiger partial charge is 0.369 e. The maximum Gasteiger partial charge on any atom is 0.213 e. The fourth-order valence-corrected chi connectivity index (χ4v) is 1.84. The lowest BCUT2D eigenvalue weighted by molar-refractivity contribution is 0.580. The van der Waals surface area contributed by atoms with Gasteiger partial charge < -0.3 is 5.73 Å². The van der Waals surface area contributed by atoms with Gasteiger partial charge in [0.25, 0.3) is 0 Å². The number of fused-ring (bicyclic) bond motifs is 1. The van der Waals surface area contributed by atoms with Crippen molar-refractivity contribution in [2.24, 2.45) is 0 Å². The molecule has 90 valence electrons. The molecule has 3 aromatic rings. The minimum absolute atomic E-state index is 0.298. The number of pyridine rings is 1. The summed E-state index contributed by atoms with van der Waals surface area (Å²) in [5, 5.41) is 7.78. The molecule has 6 nitrogen and oxygen atoms in total. The fourth-order valence-electron chi connectivity index (χ4n) is 1.84.